The molecule has 1 heterocycles. The van der Waals surface area contributed by atoms with Gasteiger partial charge in [0.1, 0.15) is 0 Å². The number of amides is 1. The SMILES string of the molecule is CC(C)c1ccc(CNC(=O)CSc2cccc3cccnc23)cc1. The van der Waals surface area contributed by atoms with Crippen LogP contribution in [0.15, 0.2) is 65.7 Å². The smallest absolute Gasteiger partial charge is 0.230 e. The molecule has 0 fully saturated rings. The van der Waals surface area contributed by atoms with Crippen LogP contribution in [-0.4, -0.2) is 16.6 Å². The summed E-state index contributed by atoms with van der Waals surface area (Å²) < 4.78 is 0. The van der Waals surface area contributed by atoms with Crippen LogP contribution >= 0.6 is 11.8 Å². The van der Waals surface area contributed by atoms with E-state index in [1.807, 2.05) is 30.3 Å². The number of fused-ring (bicyclic) bond motifs is 1. The van der Waals surface area contributed by atoms with Gasteiger partial charge in [0.25, 0.3) is 0 Å². The van der Waals surface area contributed by atoms with Crippen LogP contribution in [0, 0.1) is 0 Å². The van der Waals surface area contributed by atoms with Crippen LogP contribution in [0.1, 0.15) is 30.9 Å². The van der Waals surface area contributed by atoms with E-state index in [-0.39, 0.29) is 5.91 Å². The van der Waals surface area contributed by atoms with Crippen LogP contribution in [0.3, 0.4) is 0 Å². The molecule has 0 aliphatic heterocycles. The number of nitrogens with zero attached hydrogens (tertiary/aromatic N) is 1. The number of benzene rings is 2. The van der Waals surface area contributed by atoms with E-state index in [1.165, 1.54) is 17.3 Å². The fourth-order valence-electron chi connectivity index (χ4n) is 2.61. The molecule has 0 saturated heterocycles. The van der Waals surface area contributed by atoms with Crippen LogP contribution in [0.2, 0.25) is 0 Å². The normalized spacial score (nSPS) is 11.0. The van der Waals surface area contributed by atoms with Crippen molar-refractivity contribution in [3.8, 4) is 0 Å². The number of hydrogen-bond donors (Lipinski definition) is 1. The summed E-state index contributed by atoms with van der Waals surface area (Å²) in [4.78, 5) is 17.6. The van der Waals surface area contributed by atoms with Gasteiger partial charge in [0.15, 0.2) is 0 Å². The van der Waals surface area contributed by atoms with Gasteiger partial charge in [0.05, 0.1) is 11.3 Å². The Morgan fingerprint density at radius 1 is 1.08 bits per heavy atom. The van der Waals surface area contributed by atoms with Gasteiger partial charge < -0.3 is 5.32 Å². The summed E-state index contributed by atoms with van der Waals surface area (Å²) >= 11 is 1.52. The lowest BCUT2D eigenvalue weighted by Gasteiger charge is -2.09. The lowest BCUT2D eigenvalue weighted by molar-refractivity contribution is -0.118. The fourth-order valence-corrected chi connectivity index (χ4v) is 3.48. The molecule has 128 valence electrons. The summed E-state index contributed by atoms with van der Waals surface area (Å²) in [6.07, 6.45) is 1.79. The first-order valence-corrected chi connectivity index (χ1v) is 9.44. The Hall–Kier alpha value is -2.33. The van der Waals surface area contributed by atoms with Gasteiger partial charge >= 0.3 is 0 Å². The van der Waals surface area contributed by atoms with E-state index < -0.39 is 0 Å². The van der Waals surface area contributed by atoms with Crippen LogP contribution in [-0.2, 0) is 11.3 Å². The molecule has 0 atom stereocenters. The first kappa shape index (κ1) is 17.5. The molecule has 4 heteroatoms. The molecule has 0 unspecified atom stereocenters. The highest BCUT2D eigenvalue weighted by Crippen LogP contribution is 2.25. The number of nitrogens with one attached hydrogen (secondary N) is 1. The molecule has 0 saturated carbocycles. The van der Waals surface area contributed by atoms with E-state index in [0.29, 0.717) is 18.2 Å². The van der Waals surface area contributed by atoms with Crippen LogP contribution in [0.25, 0.3) is 10.9 Å². The minimum atomic E-state index is 0.0332. The number of rotatable bonds is 6. The summed E-state index contributed by atoms with van der Waals surface area (Å²) in [5, 5.41) is 4.08. The molecule has 25 heavy (non-hydrogen) atoms. The van der Waals surface area contributed by atoms with Gasteiger partial charge in [-0.15, -0.1) is 11.8 Å². The standard InChI is InChI=1S/C21H22N2OS/c1-15(2)17-10-8-16(9-11-17)13-23-20(24)14-25-19-7-3-5-18-6-4-12-22-21(18)19/h3-12,15H,13-14H2,1-2H3,(H,23,24). The Morgan fingerprint density at radius 3 is 2.60 bits per heavy atom. The van der Waals surface area contributed by atoms with Crippen LogP contribution < -0.4 is 5.32 Å². The zero-order chi connectivity index (χ0) is 17.6. The molecule has 1 N–H and O–H groups in total. The summed E-state index contributed by atoms with van der Waals surface area (Å²) in [6.45, 7) is 4.91. The minimum Gasteiger partial charge on any atom is -0.351 e. The summed E-state index contributed by atoms with van der Waals surface area (Å²) in [5.74, 6) is 0.944. The summed E-state index contributed by atoms with van der Waals surface area (Å²) in [5.41, 5.74) is 3.38. The molecular weight excluding hydrogens is 328 g/mol. The van der Waals surface area contributed by atoms with E-state index in [0.717, 1.165) is 21.4 Å². The highest BCUT2D eigenvalue weighted by atomic mass is 32.2. The van der Waals surface area contributed by atoms with E-state index in [4.69, 9.17) is 0 Å². The monoisotopic (exact) mass is 350 g/mol. The van der Waals surface area contributed by atoms with E-state index >= 15 is 0 Å². The third-order valence-corrected chi connectivity index (χ3v) is 5.14. The van der Waals surface area contributed by atoms with Crippen molar-refractivity contribution >= 4 is 28.6 Å². The van der Waals surface area contributed by atoms with Crippen molar-refractivity contribution in [3.63, 3.8) is 0 Å². The second kappa shape index (κ2) is 8.17. The number of thioether (sulfide) groups is 1. The molecule has 0 aliphatic rings. The number of aromatic nitrogens is 1. The van der Waals surface area contributed by atoms with Gasteiger partial charge in [-0.05, 0) is 29.2 Å². The van der Waals surface area contributed by atoms with Gasteiger partial charge in [-0.2, -0.15) is 0 Å². The molecule has 3 nitrogen and oxygen atoms in total. The Morgan fingerprint density at radius 2 is 1.84 bits per heavy atom. The highest BCUT2D eigenvalue weighted by Gasteiger charge is 2.07. The molecule has 3 aromatic rings. The lowest BCUT2D eigenvalue weighted by Crippen LogP contribution is -2.24. The molecule has 3 rings (SSSR count). The van der Waals surface area contributed by atoms with Crippen molar-refractivity contribution in [2.45, 2.75) is 31.2 Å². The minimum absolute atomic E-state index is 0.0332. The predicted molar refractivity (Wildman–Crippen MR) is 105 cm³/mol. The number of carbonyl (C=O) groups is 1. The third-order valence-electron chi connectivity index (χ3n) is 4.09. The quantitative estimate of drug-likeness (QED) is 0.651. The van der Waals surface area contributed by atoms with Crippen molar-refractivity contribution < 1.29 is 4.79 Å². The number of para-hydroxylation sites is 1. The number of hydrogen-bond acceptors (Lipinski definition) is 3. The van der Waals surface area contributed by atoms with Gasteiger partial charge in [-0.1, -0.05) is 56.3 Å². The van der Waals surface area contributed by atoms with E-state index in [2.05, 4.69) is 48.4 Å². The molecule has 0 aliphatic carbocycles. The Bertz CT molecular complexity index is 854. The van der Waals surface area contributed by atoms with Crippen molar-refractivity contribution in [2.75, 3.05) is 5.75 Å². The second-order valence-electron chi connectivity index (χ2n) is 6.29. The number of pyridine rings is 1. The molecule has 0 bridgehead atoms. The molecule has 0 radical (unpaired) electrons. The lowest BCUT2D eigenvalue weighted by atomic mass is 10.0. The average molecular weight is 350 g/mol. The zero-order valence-corrected chi connectivity index (χ0v) is 15.3. The highest BCUT2D eigenvalue weighted by molar-refractivity contribution is 8.00. The van der Waals surface area contributed by atoms with Gasteiger partial charge in [-0.3, -0.25) is 9.78 Å². The molecule has 0 spiro atoms. The van der Waals surface area contributed by atoms with Crippen molar-refractivity contribution in [2.24, 2.45) is 0 Å². The topological polar surface area (TPSA) is 42.0 Å². The second-order valence-corrected chi connectivity index (χ2v) is 7.31. The van der Waals surface area contributed by atoms with E-state index in [9.17, 15) is 4.79 Å². The molecule has 1 aromatic heterocycles. The largest absolute Gasteiger partial charge is 0.351 e. The average Bonchev–Trinajstić information content (AvgIpc) is 2.65. The maximum atomic E-state index is 12.1. The van der Waals surface area contributed by atoms with Crippen LogP contribution in [0.5, 0.6) is 0 Å². The van der Waals surface area contributed by atoms with Gasteiger partial charge in [0.2, 0.25) is 5.91 Å². The Balaban J connectivity index is 1.54. The van der Waals surface area contributed by atoms with Crippen molar-refractivity contribution in [1.82, 2.24) is 10.3 Å². The number of carbonyl (C=O) groups excluding carboxylic acids is 1. The first-order valence-electron chi connectivity index (χ1n) is 8.45. The zero-order valence-electron chi connectivity index (χ0n) is 14.5. The first-order chi connectivity index (χ1) is 12.1. The van der Waals surface area contributed by atoms with Gasteiger partial charge in [0, 0.05) is 23.0 Å². The van der Waals surface area contributed by atoms with Gasteiger partial charge in [-0.25, -0.2) is 0 Å². The maximum absolute atomic E-state index is 12.1. The van der Waals surface area contributed by atoms with Crippen molar-refractivity contribution in [3.05, 3.63) is 71.9 Å². The summed E-state index contributed by atoms with van der Waals surface area (Å²) in [6, 6.07) is 18.4. The Labute approximate surface area is 152 Å². The van der Waals surface area contributed by atoms with E-state index in [1.54, 1.807) is 6.20 Å². The maximum Gasteiger partial charge on any atom is 0.230 e. The van der Waals surface area contributed by atoms with Crippen molar-refractivity contribution in [1.29, 1.82) is 0 Å². The molecule has 1 amide bonds. The molecular formula is C21H22N2OS. The fraction of sp³-hybridized carbons (Fsp3) is 0.238. The molecule has 2 aromatic carbocycles. The predicted octanol–water partition coefficient (Wildman–Crippen LogP) is 4.77. The summed E-state index contributed by atoms with van der Waals surface area (Å²) in [7, 11) is 0. The Kier molecular flexibility index (Phi) is 5.71. The third kappa shape index (κ3) is 4.60. The van der Waals surface area contributed by atoms with Crippen LogP contribution in [0.4, 0.5) is 0 Å².